The van der Waals surface area contributed by atoms with Crippen LogP contribution in [0.5, 0.6) is 0 Å². The first-order valence-electron chi connectivity index (χ1n) is 9.53. The van der Waals surface area contributed by atoms with Crippen LogP contribution in [0, 0.1) is 0 Å². The van der Waals surface area contributed by atoms with Gasteiger partial charge in [0, 0.05) is 53.5 Å². The number of carbonyl (C=O) groups is 2. The van der Waals surface area contributed by atoms with Crippen molar-refractivity contribution in [3.05, 3.63) is 52.9 Å². The minimum atomic E-state index is -5.08. The number of rotatable bonds is 3. The molecule has 4 rings (SSSR count). The first-order valence-corrected chi connectivity index (χ1v) is 9.91. The van der Waals surface area contributed by atoms with Crippen LogP contribution in [0.4, 0.5) is 13.2 Å². The van der Waals surface area contributed by atoms with Crippen molar-refractivity contribution >= 4 is 34.4 Å². The van der Waals surface area contributed by atoms with Gasteiger partial charge in [0.05, 0.1) is 12.7 Å². The van der Waals surface area contributed by atoms with Gasteiger partial charge in [-0.2, -0.15) is 18.3 Å². The molecule has 1 aromatic carbocycles. The van der Waals surface area contributed by atoms with Gasteiger partial charge in [-0.1, -0.05) is 11.6 Å². The summed E-state index contributed by atoms with van der Waals surface area (Å²) in [6, 6.07) is 7.68. The average Bonchev–Trinajstić information content (AvgIpc) is 3.30. The number of alkyl halides is 3. The maximum Gasteiger partial charge on any atom is 0.490 e. The van der Waals surface area contributed by atoms with Crippen molar-refractivity contribution < 1.29 is 27.9 Å². The summed E-state index contributed by atoms with van der Waals surface area (Å²) in [4.78, 5) is 23.8. The molecule has 0 saturated carbocycles. The summed E-state index contributed by atoms with van der Waals surface area (Å²) in [6.45, 7) is 2.08. The fourth-order valence-corrected chi connectivity index (χ4v) is 3.76. The van der Waals surface area contributed by atoms with Crippen molar-refractivity contribution in [2.45, 2.75) is 25.3 Å². The maximum absolute atomic E-state index is 13.0. The van der Waals surface area contributed by atoms with E-state index in [1.165, 1.54) is 5.52 Å². The second-order valence-electron chi connectivity index (χ2n) is 7.22. The van der Waals surface area contributed by atoms with Gasteiger partial charge >= 0.3 is 12.1 Å². The monoisotopic (exact) mass is 471 g/mol. The molecule has 1 unspecified atom stereocenters. The molecule has 1 aliphatic heterocycles. The molecule has 0 aliphatic carbocycles. The number of fused-ring (bicyclic) bond motifs is 3. The molecule has 2 N–H and O–H groups in total. The highest BCUT2D eigenvalue weighted by Crippen LogP contribution is 2.28. The van der Waals surface area contributed by atoms with Crippen LogP contribution in [0.3, 0.4) is 0 Å². The maximum atomic E-state index is 13.0. The fraction of sp³-hybridized carbons (Fsp3) is 0.350. The SMILES string of the molecule is CNC(C(=O)N1CCn2c(cc3cc(Cl)ccc32)C1)c1cnn(C)c1.O=C(O)C(F)(F)F. The Hall–Kier alpha value is -3.05. The van der Waals surface area contributed by atoms with Gasteiger partial charge in [0.15, 0.2) is 0 Å². The Labute approximate surface area is 186 Å². The van der Waals surface area contributed by atoms with Crippen molar-refractivity contribution in [1.29, 1.82) is 0 Å². The molecule has 3 heterocycles. The van der Waals surface area contributed by atoms with Gasteiger partial charge in [-0.3, -0.25) is 9.48 Å². The lowest BCUT2D eigenvalue weighted by atomic mass is 10.1. The second kappa shape index (κ2) is 9.21. The summed E-state index contributed by atoms with van der Waals surface area (Å²) in [6.07, 6.45) is -1.47. The number of carbonyl (C=O) groups excluding carboxylic acids is 1. The van der Waals surface area contributed by atoms with Crippen LogP contribution in [0.25, 0.3) is 10.9 Å². The van der Waals surface area contributed by atoms with E-state index in [0.29, 0.717) is 13.1 Å². The number of carboxylic acid groups (broad SMARTS) is 1. The summed E-state index contributed by atoms with van der Waals surface area (Å²) in [5.74, 6) is -2.68. The summed E-state index contributed by atoms with van der Waals surface area (Å²) in [5, 5.41) is 16.3. The number of halogens is 4. The smallest absolute Gasteiger partial charge is 0.475 e. The normalized spacial score (nSPS) is 14.5. The topological polar surface area (TPSA) is 92.4 Å². The zero-order chi connectivity index (χ0) is 23.6. The highest BCUT2D eigenvalue weighted by Gasteiger charge is 2.38. The molecule has 12 heteroatoms. The lowest BCUT2D eigenvalue weighted by Gasteiger charge is -2.31. The summed E-state index contributed by atoms with van der Waals surface area (Å²) in [5.41, 5.74) is 3.19. The van der Waals surface area contributed by atoms with Crippen molar-refractivity contribution in [2.75, 3.05) is 13.6 Å². The van der Waals surface area contributed by atoms with Crippen molar-refractivity contribution in [2.24, 2.45) is 7.05 Å². The molecule has 32 heavy (non-hydrogen) atoms. The van der Waals surface area contributed by atoms with Crippen LogP contribution < -0.4 is 5.32 Å². The molecule has 1 amide bonds. The molecule has 2 aromatic heterocycles. The van der Waals surface area contributed by atoms with Gasteiger partial charge in [-0.25, -0.2) is 4.79 Å². The Balaban J connectivity index is 0.000000360. The zero-order valence-electron chi connectivity index (χ0n) is 17.2. The highest BCUT2D eigenvalue weighted by atomic mass is 35.5. The van der Waals surface area contributed by atoms with Crippen LogP contribution >= 0.6 is 11.6 Å². The number of likely N-dealkylation sites (N-methyl/N-ethyl adjacent to an activating group) is 1. The van der Waals surface area contributed by atoms with Crippen LogP contribution in [-0.4, -0.2) is 56.0 Å². The molecule has 0 spiro atoms. The Bertz CT molecular complexity index is 1140. The summed E-state index contributed by atoms with van der Waals surface area (Å²) < 4.78 is 35.7. The van der Waals surface area contributed by atoms with Gasteiger partial charge in [0.25, 0.3) is 0 Å². The van der Waals surface area contributed by atoms with E-state index in [2.05, 4.69) is 21.0 Å². The molecule has 0 saturated heterocycles. The number of amides is 1. The molecule has 3 aromatic rings. The number of nitrogens with zero attached hydrogens (tertiary/aromatic N) is 4. The minimum Gasteiger partial charge on any atom is -0.475 e. The number of aliphatic carboxylic acids is 1. The van der Waals surface area contributed by atoms with Gasteiger partial charge in [0.1, 0.15) is 6.04 Å². The van der Waals surface area contributed by atoms with E-state index in [0.717, 1.165) is 28.2 Å². The van der Waals surface area contributed by atoms with E-state index >= 15 is 0 Å². The molecule has 0 radical (unpaired) electrons. The summed E-state index contributed by atoms with van der Waals surface area (Å²) in [7, 11) is 3.66. The largest absolute Gasteiger partial charge is 0.490 e. The molecule has 0 fully saturated rings. The number of hydrogen-bond acceptors (Lipinski definition) is 4. The Kier molecular flexibility index (Phi) is 6.79. The third-order valence-corrected chi connectivity index (χ3v) is 5.28. The zero-order valence-corrected chi connectivity index (χ0v) is 18.0. The Morgan fingerprint density at radius 2 is 1.94 bits per heavy atom. The first-order chi connectivity index (χ1) is 15.0. The number of benzene rings is 1. The van der Waals surface area contributed by atoms with Gasteiger partial charge in [-0.15, -0.1) is 0 Å². The predicted molar refractivity (Wildman–Crippen MR) is 111 cm³/mol. The quantitative estimate of drug-likeness (QED) is 0.612. The van der Waals surface area contributed by atoms with Crippen LogP contribution in [0.1, 0.15) is 17.3 Å². The number of aryl methyl sites for hydroxylation is 1. The Morgan fingerprint density at radius 3 is 2.50 bits per heavy atom. The van der Waals surface area contributed by atoms with Gasteiger partial charge < -0.3 is 19.9 Å². The highest BCUT2D eigenvalue weighted by molar-refractivity contribution is 6.31. The number of hydrogen-bond donors (Lipinski definition) is 2. The molecule has 1 atom stereocenters. The van der Waals surface area contributed by atoms with E-state index < -0.39 is 12.1 Å². The molecule has 0 bridgehead atoms. The third kappa shape index (κ3) is 5.05. The molecule has 1 aliphatic rings. The van der Waals surface area contributed by atoms with Gasteiger partial charge in [0.2, 0.25) is 5.91 Å². The molecule has 172 valence electrons. The van der Waals surface area contributed by atoms with Crippen molar-refractivity contribution in [3.8, 4) is 0 Å². The predicted octanol–water partition coefficient (Wildman–Crippen LogP) is 2.96. The number of aromatic nitrogens is 3. The number of carboxylic acids is 1. The van der Waals surface area contributed by atoms with Crippen LogP contribution in [0.2, 0.25) is 5.02 Å². The van der Waals surface area contributed by atoms with Crippen molar-refractivity contribution in [3.63, 3.8) is 0 Å². The lowest BCUT2D eigenvalue weighted by Crippen LogP contribution is -2.43. The summed E-state index contributed by atoms with van der Waals surface area (Å²) >= 11 is 6.10. The molecule has 8 nitrogen and oxygen atoms in total. The Morgan fingerprint density at radius 1 is 1.25 bits per heavy atom. The van der Waals surface area contributed by atoms with Crippen molar-refractivity contribution in [1.82, 2.24) is 24.6 Å². The third-order valence-electron chi connectivity index (χ3n) is 5.04. The van der Waals surface area contributed by atoms with E-state index in [1.807, 2.05) is 36.3 Å². The minimum absolute atomic E-state index is 0.0741. The fourth-order valence-electron chi connectivity index (χ4n) is 3.58. The van der Waals surface area contributed by atoms with Gasteiger partial charge in [-0.05, 0) is 31.3 Å². The van der Waals surface area contributed by atoms with E-state index in [-0.39, 0.29) is 11.9 Å². The van der Waals surface area contributed by atoms with E-state index in [1.54, 1.807) is 17.9 Å². The number of nitrogens with one attached hydrogen (secondary N) is 1. The van der Waals surface area contributed by atoms with E-state index in [9.17, 15) is 18.0 Å². The molecular weight excluding hydrogens is 451 g/mol. The lowest BCUT2D eigenvalue weighted by molar-refractivity contribution is -0.192. The standard InChI is InChI=1S/C18H20ClN5O.C2HF3O2/c1-20-17(13-9-21-22(2)10-13)18(25)23-5-6-24-15(11-23)8-12-7-14(19)3-4-16(12)24;3-2(4,5)1(6)7/h3-4,7-10,17,20H,5-6,11H2,1-2H3;(H,6,7). The van der Waals surface area contributed by atoms with Crippen LogP contribution in [0.15, 0.2) is 36.7 Å². The van der Waals surface area contributed by atoms with E-state index in [4.69, 9.17) is 21.5 Å². The average molecular weight is 472 g/mol. The van der Waals surface area contributed by atoms with Crippen LogP contribution in [-0.2, 0) is 29.7 Å². The first kappa shape index (κ1) is 23.6. The second-order valence-corrected chi connectivity index (χ2v) is 7.66. The molecular formula is C20H21ClF3N5O3.